The normalized spacial score (nSPS) is 11.0. The van der Waals surface area contributed by atoms with Gasteiger partial charge in [0, 0.05) is 5.56 Å². The highest BCUT2D eigenvalue weighted by Gasteiger charge is 2.45. The summed E-state index contributed by atoms with van der Waals surface area (Å²) in [5.41, 5.74) is 1.29. The van der Waals surface area contributed by atoms with E-state index in [-0.39, 0.29) is 17.0 Å². The van der Waals surface area contributed by atoms with Crippen molar-refractivity contribution in [1.82, 2.24) is 0 Å². The first-order chi connectivity index (χ1) is 16.8. The lowest BCUT2D eigenvalue weighted by molar-refractivity contribution is -0.00000722. The van der Waals surface area contributed by atoms with Crippen molar-refractivity contribution in [1.29, 1.82) is 0 Å². The molecule has 0 saturated heterocycles. The second kappa shape index (κ2) is 14.2. The van der Waals surface area contributed by atoms with Crippen LogP contribution in [0.25, 0.3) is 0 Å². The van der Waals surface area contributed by atoms with Gasteiger partial charge in [-0.3, -0.25) is 0 Å². The first-order valence-corrected chi connectivity index (χ1v) is 14.6. The van der Waals surface area contributed by atoms with Crippen molar-refractivity contribution in [2.75, 3.05) is 6.61 Å². The Kier molecular flexibility index (Phi) is 11.0. The molecule has 0 spiro atoms. The molecule has 0 aliphatic carbocycles. The molecule has 4 rings (SSSR count). The van der Waals surface area contributed by atoms with Crippen molar-refractivity contribution in [3.05, 3.63) is 121 Å². The Hall–Kier alpha value is -2.41. The van der Waals surface area contributed by atoms with Crippen LogP contribution in [0.15, 0.2) is 115 Å². The Morgan fingerprint density at radius 2 is 1.00 bits per heavy atom. The van der Waals surface area contributed by atoms with E-state index < -0.39 is 7.26 Å². The van der Waals surface area contributed by atoms with Crippen LogP contribution in [0.5, 0.6) is 5.75 Å². The molecule has 0 N–H and O–H groups in total. The summed E-state index contributed by atoms with van der Waals surface area (Å²) in [5.74, 6) is 1.03. The van der Waals surface area contributed by atoms with Gasteiger partial charge >= 0.3 is 0 Å². The Balaban J connectivity index is 0.00000342. The van der Waals surface area contributed by atoms with E-state index in [1.54, 1.807) is 0 Å². The lowest BCUT2D eigenvalue weighted by atomic mass is 10.2. The van der Waals surface area contributed by atoms with E-state index in [9.17, 15) is 0 Å². The minimum absolute atomic E-state index is 0. The fourth-order valence-corrected chi connectivity index (χ4v) is 8.94. The topological polar surface area (TPSA) is 9.23 Å². The molecule has 0 bridgehead atoms. The van der Waals surface area contributed by atoms with Gasteiger partial charge in [-0.1, -0.05) is 105 Å². The lowest BCUT2D eigenvalue weighted by Gasteiger charge is -2.28. The van der Waals surface area contributed by atoms with Gasteiger partial charge in [-0.25, -0.2) is 0 Å². The molecule has 4 aromatic rings. The van der Waals surface area contributed by atoms with E-state index in [1.807, 2.05) is 0 Å². The molecule has 1 nitrogen and oxygen atoms in total. The molecule has 0 heterocycles. The predicted octanol–water partition coefficient (Wildman–Crippen LogP) is 4.53. The molecule has 0 fully saturated rings. The third-order valence-electron chi connectivity index (χ3n) is 6.48. The van der Waals surface area contributed by atoms with Crippen LogP contribution in [0.2, 0.25) is 0 Å². The highest BCUT2D eigenvalue weighted by Crippen LogP contribution is 2.58. The van der Waals surface area contributed by atoms with Crippen molar-refractivity contribution in [2.45, 2.75) is 45.2 Å². The number of unbranched alkanes of at least 4 members (excludes halogenated alkanes) is 4. The molecule has 0 amide bonds. The van der Waals surface area contributed by atoms with E-state index in [1.165, 1.54) is 47.2 Å². The maximum absolute atomic E-state index is 6.39. The van der Waals surface area contributed by atoms with Crippen molar-refractivity contribution >= 4 is 23.2 Å². The number of ether oxygens (including phenoxy) is 1. The smallest absolute Gasteiger partial charge is 0.126 e. The van der Waals surface area contributed by atoms with Crippen LogP contribution in [0, 0.1) is 0 Å². The van der Waals surface area contributed by atoms with E-state index in [2.05, 4.69) is 122 Å². The van der Waals surface area contributed by atoms with Crippen LogP contribution in [0.1, 0.15) is 44.6 Å². The van der Waals surface area contributed by atoms with Crippen molar-refractivity contribution in [2.24, 2.45) is 0 Å². The summed E-state index contributed by atoms with van der Waals surface area (Å²) in [6, 6.07) is 41.9. The molecule has 0 saturated carbocycles. The van der Waals surface area contributed by atoms with Gasteiger partial charge < -0.3 is 21.7 Å². The zero-order valence-corrected chi connectivity index (χ0v) is 23.1. The first-order valence-electron chi connectivity index (χ1n) is 12.6. The van der Waals surface area contributed by atoms with Crippen LogP contribution in [0.4, 0.5) is 0 Å². The van der Waals surface area contributed by atoms with Crippen LogP contribution in [-0.2, 0) is 6.16 Å². The van der Waals surface area contributed by atoms with Crippen molar-refractivity contribution in [3.8, 4) is 5.75 Å². The highest BCUT2D eigenvalue weighted by atomic mass is 79.9. The van der Waals surface area contributed by atoms with Crippen molar-refractivity contribution < 1.29 is 21.7 Å². The van der Waals surface area contributed by atoms with Gasteiger partial charge in [0.05, 0.1) is 6.61 Å². The summed E-state index contributed by atoms with van der Waals surface area (Å²) in [5, 5.41) is 4.21. The Bertz CT molecular complexity index is 1020. The molecule has 3 heteroatoms. The molecular weight excluding hydrogens is 511 g/mol. The van der Waals surface area contributed by atoms with E-state index in [4.69, 9.17) is 4.74 Å². The molecule has 0 atom stereocenters. The zero-order chi connectivity index (χ0) is 23.5. The van der Waals surface area contributed by atoms with Crippen LogP contribution >= 0.6 is 7.26 Å². The number of benzene rings is 4. The fraction of sp³-hybridized carbons (Fsp3) is 0.250. The molecule has 4 aromatic carbocycles. The number of para-hydroxylation sites is 1. The number of halogens is 1. The van der Waals surface area contributed by atoms with Crippen LogP contribution in [0.3, 0.4) is 0 Å². The fourth-order valence-electron chi connectivity index (χ4n) is 4.69. The first kappa shape index (κ1) is 27.2. The SMILES string of the molecule is CCCCCCCOc1ccccc1C[P+](c1ccccc1)(c1ccccc1)c1ccccc1.[Br-]. The molecule has 0 unspecified atom stereocenters. The highest BCUT2D eigenvalue weighted by molar-refractivity contribution is 7.95. The van der Waals surface area contributed by atoms with E-state index in [0.717, 1.165) is 24.9 Å². The largest absolute Gasteiger partial charge is 1.00 e. The molecule has 182 valence electrons. The van der Waals surface area contributed by atoms with Crippen molar-refractivity contribution in [3.63, 3.8) is 0 Å². The summed E-state index contributed by atoms with van der Waals surface area (Å²) in [4.78, 5) is 0. The van der Waals surface area contributed by atoms with Gasteiger partial charge in [-0.05, 0) is 48.9 Å². The lowest BCUT2D eigenvalue weighted by Crippen LogP contribution is -3.00. The maximum atomic E-state index is 6.39. The second-order valence-electron chi connectivity index (χ2n) is 8.84. The number of hydrogen-bond donors (Lipinski definition) is 0. The number of rotatable bonds is 12. The molecule has 0 radical (unpaired) electrons. The minimum atomic E-state index is -1.94. The molecule has 0 aliphatic rings. The summed E-state index contributed by atoms with van der Waals surface area (Å²) < 4.78 is 6.39. The molecule has 0 aliphatic heterocycles. The monoisotopic (exact) mass is 546 g/mol. The van der Waals surface area contributed by atoms with Gasteiger partial charge in [0.2, 0.25) is 0 Å². The summed E-state index contributed by atoms with van der Waals surface area (Å²) in [6.07, 6.45) is 7.18. The second-order valence-corrected chi connectivity index (χ2v) is 12.3. The Morgan fingerprint density at radius 3 is 1.51 bits per heavy atom. The van der Waals surface area contributed by atoms with Gasteiger partial charge in [0.15, 0.2) is 0 Å². The van der Waals surface area contributed by atoms with Gasteiger partial charge in [0.25, 0.3) is 0 Å². The molecule has 0 aromatic heterocycles. The quantitative estimate of drug-likeness (QED) is 0.187. The zero-order valence-electron chi connectivity index (χ0n) is 20.7. The predicted molar refractivity (Wildman–Crippen MR) is 150 cm³/mol. The minimum Gasteiger partial charge on any atom is -1.00 e. The van der Waals surface area contributed by atoms with Gasteiger partial charge in [-0.2, -0.15) is 0 Å². The average Bonchev–Trinajstić information content (AvgIpc) is 2.91. The van der Waals surface area contributed by atoms with E-state index >= 15 is 0 Å². The Morgan fingerprint density at radius 1 is 0.543 bits per heavy atom. The van der Waals surface area contributed by atoms with Gasteiger partial charge in [0.1, 0.15) is 35.1 Å². The molecule has 35 heavy (non-hydrogen) atoms. The molecular formula is C32H36BrOP. The average molecular weight is 548 g/mol. The van der Waals surface area contributed by atoms with Crippen LogP contribution < -0.4 is 37.6 Å². The summed E-state index contributed by atoms with van der Waals surface area (Å²) >= 11 is 0. The third kappa shape index (κ3) is 6.84. The third-order valence-corrected chi connectivity index (χ3v) is 10.8. The summed E-state index contributed by atoms with van der Waals surface area (Å²) in [6.45, 7) is 3.04. The Labute approximate surface area is 222 Å². The standard InChI is InChI=1S/C32H36OP.BrH/c1-2-3-4-5-17-26-33-32-25-16-15-18-28(32)27-34(29-19-9-6-10-20-29,30-21-11-7-12-22-30)31-23-13-8-14-24-31;/h6-16,18-25H,2-5,17,26-27H2,1H3;1H/q+1;/p-1. The van der Waals surface area contributed by atoms with Crippen LogP contribution in [-0.4, -0.2) is 6.61 Å². The summed E-state index contributed by atoms with van der Waals surface area (Å²) in [7, 11) is -1.94. The van der Waals surface area contributed by atoms with Gasteiger partial charge in [-0.15, -0.1) is 0 Å². The maximum Gasteiger partial charge on any atom is 0.126 e. The van der Waals surface area contributed by atoms with E-state index in [0.29, 0.717) is 0 Å². The number of hydrogen-bond acceptors (Lipinski definition) is 1.